The van der Waals surface area contributed by atoms with Gasteiger partial charge in [-0.15, -0.1) is 0 Å². The fraction of sp³-hybridized carbons (Fsp3) is 0.261. The molecule has 1 amide bonds. The van der Waals surface area contributed by atoms with Crippen molar-refractivity contribution in [2.75, 3.05) is 32.7 Å². The Morgan fingerprint density at radius 3 is 2.17 bits per heavy atom. The Bertz CT molecular complexity index is 962. The summed E-state index contributed by atoms with van der Waals surface area (Å²) in [6, 6.07) is 18.1. The Morgan fingerprint density at radius 1 is 0.793 bits per heavy atom. The number of amides is 1. The van der Waals surface area contributed by atoms with Crippen LogP contribution in [-0.2, 0) is 6.54 Å². The quantitative estimate of drug-likeness (QED) is 0.609. The van der Waals surface area contributed by atoms with E-state index in [4.69, 9.17) is 0 Å². The zero-order valence-corrected chi connectivity index (χ0v) is 16.3. The third-order valence-electron chi connectivity index (χ3n) is 5.30. The van der Waals surface area contributed by atoms with Crippen LogP contribution in [-0.4, -0.2) is 64.0 Å². The van der Waals surface area contributed by atoms with Crippen molar-refractivity contribution in [2.45, 2.75) is 6.54 Å². The number of carbonyl (C=O) groups is 2. The van der Waals surface area contributed by atoms with E-state index in [-0.39, 0.29) is 11.7 Å². The smallest absolute Gasteiger partial charge is 0.254 e. The molecule has 0 aliphatic carbocycles. The molecule has 3 aromatic rings. The second kappa shape index (κ2) is 8.84. The van der Waals surface area contributed by atoms with Crippen molar-refractivity contribution in [3.05, 3.63) is 89.7 Å². The van der Waals surface area contributed by atoms with Gasteiger partial charge in [-0.1, -0.05) is 48.5 Å². The molecule has 0 unspecified atom stereocenters. The highest BCUT2D eigenvalue weighted by Gasteiger charge is 2.25. The molecule has 6 nitrogen and oxygen atoms in total. The lowest BCUT2D eigenvalue weighted by Crippen LogP contribution is -2.49. The number of benzene rings is 2. The second-order valence-electron chi connectivity index (χ2n) is 7.14. The normalized spacial score (nSPS) is 14.7. The standard InChI is InChI=1S/C23H24N4O2/c28-22(19-7-2-1-3-8-19)20-9-4-5-10-21(20)23(29)26-16-13-25(14-17-26)15-18-27-12-6-11-24-27/h1-12H,13-18H2. The summed E-state index contributed by atoms with van der Waals surface area (Å²) in [6.45, 7) is 4.71. The van der Waals surface area contributed by atoms with E-state index in [9.17, 15) is 9.59 Å². The summed E-state index contributed by atoms with van der Waals surface area (Å²) in [5, 5.41) is 4.23. The van der Waals surface area contributed by atoms with E-state index in [1.807, 2.05) is 46.1 Å². The summed E-state index contributed by atoms with van der Waals surface area (Å²) in [7, 11) is 0. The number of hydrogen-bond acceptors (Lipinski definition) is 4. The molecule has 0 spiro atoms. The maximum absolute atomic E-state index is 13.1. The van der Waals surface area contributed by atoms with Crippen LogP contribution in [0.4, 0.5) is 0 Å². The molecule has 0 N–H and O–H groups in total. The Balaban J connectivity index is 1.41. The molecule has 2 heterocycles. The maximum Gasteiger partial charge on any atom is 0.254 e. The molecule has 6 heteroatoms. The van der Waals surface area contributed by atoms with Crippen LogP contribution in [0.3, 0.4) is 0 Å². The third-order valence-corrected chi connectivity index (χ3v) is 5.30. The number of ketones is 1. The minimum atomic E-state index is -0.118. The van der Waals surface area contributed by atoms with Crippen LogP contribution in [0.2, 0.25) is 0 Å². The van der Waals surface area contributed by atoms with E-state index < -0.39 is 0 Å². The van der Waals surface area contributed by atoms with Gasteiger partial charge < -0.3 is 4.90 Å². The average Bonchev–Trinajstić information content (AvgIpc) is 3.31. The van der Waals surface area contributed by atoms with Crippen LogP contribution in [0, 0.1) is 0 Å². The monoisotopic (exact) mass is 388 g/mol. The Kier molecular flexibility index (Phi) is 5.81. The van der Waals surface area contributed by atoms with Crippen LogP contribution in [0.5, 0.6) is 0 Å². The van der Waals surface area contributed by atoms with Crippen molar-refractivity contribution in [3.63, 3.8) is 0 Å². The summed E-state index contributed by atoms with van der Waals surface area (Å²) in [5.74, 6) is -0.191. The van der Waals surface area contributed by atoms with Crippen molar-refractivity contribution in [1.29, 1.82) is 0 Å². The van der Waals surface area contributed by atoms with Crippen LogP contribution >= 0.6 is 0 Å². The summed E-state index contributed by atoms with van der Waals surface area (Å²) in [4.78, 5) is 30.3. The first-order valence-electron chi connectivity index (χ1n) is 9.90. The van der Waals surface area contributed by atoms with Gasteiger partial charge in [0.05, 0.1) is 12.1 Å². The molecule has 2 aromatic carbocycles. The lowest BCUT2D eigenvalue weighted by Gasteiger charge is -2.35. The molecule has 29 heavy (non-hydrogen) atoms. The number of piperazine rings is 1. The molecule has 1 saturated heterocycles. The van der Waals surface area contributed by atoms with Gasteiger partial charge in [0.1, 0.15) is 0 Å². The first-order chi connectivity index (χ1) is 14.2. The fourth-order valence-electron chi connectivity index (χ4n) is 3.63. The van der Waals surface area contributed by atoms with Crippen molar-refractivity contribution in [3.8, 4) is 0 Å². The molecule has 0 saturated carbocycles. The molecule has 0 atom stereocenters. The van der Waals surface area contributed by atoms with Gasteiger partial charge in [0.15, 0.2) is 5.78 Å². The molecular formula is C23H24N4O2. The maximum atomic E-state index is 13.1. The van der Waals surface area contributed by atoms with E-state index >= 15 is 0 Å². The zero-order chi connectivity index (χ0) is 20.1. The molecule has 1 aliphatic rings. The number of rotatable bonds is 6. The van der Waals surface area contributed by atoms with Crippen LogP contribution in [0.15, 0.2) is 73.1 Å². The molecule has 1 fully saturated rings. The van der Waals surface area contributed by atoms with E-state index in [0.29, 0.717) is 29.8 Å². The van der Waals surface area contributed by atoms with Crippen molar-refractivity contribution in [1.82, 2.24) is 19.6 Å². The van der Waals surface area contributed by atoms with Gasteiger partial charge in [0.25, 0.3) is 5.91 Å². The van der Waals surface area contributed by atoms with Crippen molar-refractivity contribution < 1.29 is 9.59 Å². The van der Waals surface area contributed by atoms with Gasteiger partial charge in [-0.3, -0.25) is 19.2 Å². The minimum Gasteiger partial charge on any atom is -0.336 e. The molecule has 148 valence electrons. The Labute approximate surface area is 170 Å². The van der Waals surface area contributed by atoms with Gasteiger partial charge in [0.2, 0.25) is 0 Å². The predicted octanol–water partition coefficient (Wildman–Crippen LogP) is 2.57. The number of aromatic nitrogens is 2. The molecule has 4 rings (SSSR count). The lowest BCUT2D eigenvalue weighted by molar-refractivity contribution is 0.0629. The largest absolute Gasteiger partial charge is 0.336 e. The lowest BCUT2D eigenvalue weighted by atomic mass is 9.97. The van der Waals surface area contributed by atoms with Crippen molar-refractivity contribution >= 4 is 11.7 Å². The minimum absolute atomic E-state index is 0.0726. The summed E-state index contributed by atoms with van der Waals surface area (Å²) < 4.78 is 1.92. The predicted molar refractivity (Wildman–Crippen MR) is 111 cm³/mol. The van der Waals surface area contributed by atoms with E-state index in [0.717, 1.165) is 26.2 Å². The summed E-state index contributed by atoms with van der Waals surface area (Å²) in [6.07, 6.45) is 3.74. The molecular weight excluding hydrogens is 364 g/mol. The third kappa shape index (κ3) is 4.43. The molecule has 1 aliphatic heterocycles. The Morgan fingerprint density at radius 2 is 1.48 bits per heavy atom. The highest BCUT2D eigenvalue weighted by molar-refractivity contribution is 6.15. The van der Waals surface area contributed by atoms with E-state index in [2.05, 4.69) is 10.00 Å². The highest BCUT2D eigenvalue weighted by Crippen LogP contribution is 2.18. The van der Waals surface area contributed by atoms with Gasteiger partial charge in [0, 0.05) is 56.2 Å². The van der Waals surface area contributed by atoms with Crippen molar-refractivity contribution in [2.24, 2.45) is 0 Å². The van der Waals surface area contributed by atoms with Gasteiger partial charge in [-0.25, -0.2) is 0 Å². The topological polar surface area (TPSA) is 58.4 Å². The SMILES string of the molecule is O=C(c1ccccc1)c1ccccc1C(=O)N1CCN(CCn2cccn2)CC1. The van der Waals surface area contributed by atoms with Crippen LogP contribution in [0.1, 0.15) is 26.3 Å². The molecule has 1 aromatic heterocycles. The molecule has 0 bridgehead atoms. The molecule has 0 radical (unpaired) electrons. The van der Waals surface area contributed by atoms with Crippen LogP contribution in [0.25, 0.3) is 0 Å². The van der Waals surface area contributed by atoms with Crippen LogP contribution < -0.4 is 0 Å². The van der Waals surface area contributed by atoms with Gasteiger partial charge in [-0.05, 0) is 12.1 Å². The second-order valence-corrected chi connectivity index (χ2v) is 7.14. The summed E-state index contributed by atoms with van der Waals surface area (Å²) in [5.41, 5.74) is 1.53. The van der Waals surface area contributed by atoms with E-state index in [1.165, 1.54) is 0 Å². The highest BCUT2D eigenvalue weighted by atomic mass is 16.2. The van der Waals surface area contributed by atoms with Gasteiger partial charge in [-0.2, -0.15) is 5.10 Å². The fourth-order valence-corrected chi connectivity index (χ4v) is 3.63. The average molecular weight is 388 g/mol. The number of hydrogen-bond donors (Lipinski definition) is 0. The number of carbonyl (C=O) groups excluding carboxylic acids is 2. The van der Waals surface area contributed by atoms with Gasteiger partial charge >= 0.3 is 0 Å². The zero-order valence-electron chi connectivity index (χ0n) is 16.3. The first kappa shape index (κ1) is 19.1. The Hall–Kier alpha value is -3.25. The first-order valence-corrected chi connectivity index (χ1v) is 9.90. The number of nitrogens with zero attached hydrogens (tertiary/aromatic N) is 4. The van der Waals surface area contributed by atoms with E-state index in [1.54, 1.807) is 36.5 Å². The summed E-state index contributed by atoms with van der Waals surface area (Å²) >= 11 is 0.